The van der Waals surface area contributed by atoms with Gasteiger partial charge in [0.2, 0.25) is 0 Å². The van der Waals surface area contributed by atoms with E-state index in [1.165, 1.54) is 51.3 Å². The van der Waals surface area contributed by atoms with Crippen LogP contribution in [0.2, 0.25) is 19.6 Å². The zero-order chi connectivity index (χ0) is 58.1. The number of imidazole rings is 1. The van der Waals surface area contributed by atoms with E-state index in [-0.39, 0.29) is 54.0 Å². The van der Waals surface area contributed by atoms with Crippen LogP contribution in [0, 0.1) is 12.1 Å². The van der Waals surface area contributed by atoms with Gasteiger partial charge in [-0.25, -0.2) is 4.39 Å². The van der Waals surface area contributed by atoms with Crippen LogP contribution in [0.15, 0.2) is 150 Å². The molecule has 0 fully saturated rings. The van der Waals surface area contributed by atoms with E-state index in [0.29, 0.717) is 18.3 Å². The van der Waals surface area contributed by atoms with Crippen LogP contribution in [-0.4, -0.2) is 39.9 Å². The Bertz CT molecular complexity index is 3820. The summed E-state index contributed by atoms with van der Waals surface area (Å²) >= 11 is 0. The van der Waals surface area contributed by atoms with Crippen molar-refractivity contribution in [3.05, 3.63) is 186 Å². The molecule has 0 bridgehead atoms. The Kier molecular flexibility index (Phi) is 16.5. The van der Waals surface area contributed by atoms with Crippen molar-refractivity contribution >= 4 is 46.2 Å². The molecule has 0 saturated heterocycles. The molecule has 4 aromatic heterocycles. The fraction of sp³-hybridized carbons (Fsp3) is 0.299. The van der Waals surface area contributed by atoms with E-state index in [9.17, 15) is 30.7 Å². The van der Waals surface area contributed by atoms with Gasteiger partial charge in [-0.2, -0.15) is 26.3 Å². The van der Waals surface area contributed by atoms with Gasteiger partial charge in [-0.15, -0.1) is 54.1 Å². The van der Waals surface area contributed by atoms with Crippen LogP contribution in [0.25, 0.3) is 83.6 Å². The number of hydrogen-bond donors (Lipinski definition) is 0. The first kappa shape index (κ1) is 60.4. The summed E-state index contributed by atoms with van der Waals surface area (Å²) in [5, 5.41) is 3.61. The van der Waals surface area contributed by atoms with E-state index in [1.54, 1.807) is 6.07 Å². The van der Waals surface area contributed by atoms with Crippen molar-refractivity contribution in [2.24, 2.45) is 0 Å². The molecule has 10 rings (SSSR count). The summed E-state index contributed by atoms with van der Waals surface area (Å²) in [4.78, 5) is 14.2. The topological polar surface area (TPSA) is 56.7 Å². The van der Waals surface area contributed by atoms with Crippen LogP contribution < -0.4 is 5.19 Å². The number of pyridine rings is 2. The van der Waals surface area contributed by atoms with Gasteiger partial charge in [-0.1, -0.05) is 160 Å². The number of aromatic nitrogens is 4. The first-order valence-corrected chi connectivity index (χ1v) is 30.3. The van der Waals surface area contributed by atoms with Crippen molar-refractivity contribution in [2.45, 2.75) is 130 Å². The molecule has 0 saturated carbocycles. The van der Waals surface area contributed by atoms with Gasteiger partial charge in [0, 0.05) is 65.2 Å². The van der Waals surface area contributed by atoms with E-state index in [1.807, 2.05) is 6.07 Å². The maximum Gasteiger partial charge on any atom is 0.435 e. The second-order valence-corrected chi connectivity index (χ2v) is 29.4. The fourth-order valence-electron chi connectivity index (χ4n) is 9.95. The van der Waals surface area contributed by atoms with E-state index in [0.717, 1.165) is 66.9 Å². The molecule has 5 nitrogen and oxygen atoms in total. The molecule has 0 amide bonds. The Balaban J connectivity index is 0.000000314. The fourth-order valence-corrected chi connectivity index (χ4v) is 11.1. The molecule has 4 heterocycles. The van der Waals surface area contributed by atoms with Crippen LogP contribution in [0.1, 0.15) is 109 Å². The smallest absolute Gasteiger partial charge is 0.435 e. The summed E-state index contributed by atoms with van der Waals surface area (Å²) in [5.74, 6) is 1.36. The van der Waals surface area contributed by atoms with Crippen molar-refractivity contribution in [2.75, 3.05) is 0 Å². The predicted molar refractivity (Wildman–Crippen MR) is 313 cm³/mol. The van der Waals surface area contributed by atoms with Crippen molar-refractivity contribution < 1.29 is 55.3 Å². The summed E-state index contributed by atoms with van der Waals surface area (Å²) in [5.41, 5.74) is 7.94. The van der Waals surface area contributed by atoms with Gasteiger partial charge in [0.1, 0.15) is 5.58 Å². The molecular weight excluding hydrogens is 1230 g/mol. The average Bonchev–Trinajstić information content (AvgIpc) is 3.99. The van der Waals surface area contributed by atoms with E-state index < -0.39 is 31.7 Å². The zero-order valence-corrected chi connectivity index (χ0v) is 51.1. The van der Waals surface area contributed by atoms with Gasteiger partial charge in [-0.3, -0.25) is 9.97 Å². The first-order valence-electron chi connectivity index (χ1n) is 26.8. The number of hydrogen-bond acceptors (Lipinski definition) is 4. The second kappa shape index (κ2) is 22.2. The number of fused-ring (bicyclic) bond motifs is 4. The van der Waals surface area contributed by atoms with Crippen LogP contribution in [0.4, 0.5) is 30.7 Å². The SMILES string of the molecule is CC(C)c1cc(-c2ccc([Si](C)(C)C)cc2)cc(C(C)C)c1-n1c(-c2[c-]ccc3c2oc2cc(-c4cc(C(C)(C)C)nc(C(C)(C)C)c4)ccc23)nc2ccccc21.FC(F)(F)C(F)(c1ccnc(-c2[c-]cccc2)c1)C(F)(F)F.[Ir]. The first-order chi connectivity index (χ1) is 37.4. The number of nitrogens with zero attached hydrogens (tertiary/aromatic N) is 4. The maximum atomic E-state index is 13.9. The average molecular weight is 1300 g/mol. The van der Waals surface area contributed by atoms with E-state index in [4.69, 9.17) is 14.4 Å². The summed E-state index contributed by atoms with van der Waals surface area (Å²) < 4.78 is 99.5. The van der Waals surface area contributed by atoms with E-state index >= 15 is 0 Å². The number of rotatable bonds is 9. The number of halogens is 7. The van der Waals surface area contributed by atoms with Gasteiger partial charge < -0.3 is 14.0 Å². The van der Waals surface area contributed by atoms with Crippen LogP contribution in [0.3, 0.4) is 0 Å². The Labute approximate surface area is 484 Å². The minimum atomic E-state index is -6.15. The predicted octanol–water partition coefficient (Wildman–Crippen LogP) is 19.3. The van der Waals surface area contributed by atoms with Gasteiger partial charge in [-0.05, 0) is 99.4 Å². The maximum absolute atomic E-state index is 13.9. The van der Waals surface area contributed by atoms with Gasteiger partial charge >= 0.3 is 18.0 Å². The van der Waals surface area contributed by atoms with Crippen LogP contribution in [-0.2, 0) is 36.6 Å². The number of furan rings is 1. The number of para-hydroxylation sites is 2. The molecule has 10 aromatic rings. The minimum absolute atomic E-state index is 0. The molecule has 81 heavy (non-hydrogen) atoms. The molecule has 0 N–H and O–H groups in total. The number of benzene rings is 6. The third-order valence-corrected chi connectivity index (χ3v) is 16.6. The normalized spacial score (nSPS) is 12.8. The molecule has 0 aliphatic carbocycles. The Morgan fingerprint density at radius 2 is 1.15 bits per heavy atom. The zero-order valence-electron chi connectivity index (χ0n) is 47.7. The summed E-state index contributed by atoms with van der Waals surface area (Å²) in [6, 6.07) is 50.7. The summed E-state index contributed by atoms with van der Waals surface area (Å²) in [7, 11) is -1.41. The van der Waals surface area contributed by atoms with Crippen LogP contribution >= 0.6 is 0 Å². The molecule has 14 heteroatoms. The summed E-state index contributed by atoms with van der Waals surface area (Å²) in [6.45, 7) is 29.8. The molecule has 423 valence electrons. The molecule has 0 atom stereocenters. The molecule has 0 spiro atoms. The van der Waals surface area contributed by atoms with Crippen molar-refractivity contribution in [3.63, 3.8) is 0 Å². The quantitative estimate of drug-likeness (QED) is 0.0821. The molecule has 0 unspecified atom stereocenters. The molecule has 1 radical (unpaired) electrons. The van der Waals surface area contributed by atoms with Gasteiger partial charge in [0.05, 0.1) is 30.5 Å². The van der Waals surface area contributed by atoms with E-state index in [2.05, 4.69) is 208 Å². The largest absolute Gasteiger partial charge is 0.501 e. The molecular formula is C67H65F7IrN4OSi-2. The van der Waals surface area contributed by atoms with Crippen molar-refractivity contribution in [1.29, 1.82) is 0 Å². The third-order valence-electron chi connectivity index (χ3n) is 14.6. The minimum Gasteiger partial charge on any atom is -0.501 e. The standard InChI is InChI=1S/C53H58N3OSi.C14H7F7N.Ir/c1-32(2)42-27-36(34-21-24-38(25-22-34)58(11,12)13)28-43(33(3)4)49(42)56-45-20-15-14-19-44(45)54-51(56)41-18-16-17-40-39-26-23-35(29-46(39)57-50(40)41)37-30-47(52(5,6)7)55-48(31-37)53(8,9)10;15-12(13(16,17)18,14(19,20)21)10-6-7-22-11(8-10)9-4-2-1-3-5-9;/h14-17,19-33H,1-13H3;1-4,6-8H;/q2*-1;. The molecule has 6 aromatic carbocycles. The molecule has 0 aliphatic rings. The Morgan fingerprint density at radius 3 is 1.70 bits per heavy atom. The summed E-state index contributed by atoms with van der Waals surface area (Å²) in [6.07, 6.45) is -11.6. The number of alkyl halides is 7. The van der Waals surface area contributed by atoms with Gasteiger partial charge in [0.25, 0.3) is 0 Å². The monoisotopic (exact) mass is 1300 g/mol. The molecule has 0 aliphatic heterocycles. The van der Waals surface area contributed by atoms with Gasteiger partial charge in [0.15, 0.2) is 0 Å². The third kappa shape index (κ3) is 11.8. The Morgan fingerprint density at radius 1 is 0.568 bits per heavy atom. The van der Waals surface area contributed by atoms with Crippen molar-refractivity contribution in [3.8, 4) is 50.6 Å². The Hall–Kier alpha value is -6.73. The van der Waals surface area contributed by atoms with Crippen LogP contribution in [0.5, 0.6) is 0 Å². The van der Waals surface area contributed by atoms with Crippen molar-refractivity contribution in [1.82, 2.24) is 19.5 Å². The second-order valence-electron chi connectivity index (χ2n) is 24.3.